The monoisotopic (exact) mass is 345 g/mol. The number of nitrogens with one attached hydrogen (secondary N) is 1. The number of nitrogens with zero attached hydrogens (tertiary/aromatic N) is 2. The van der Waals surface area contributed by atoms with Crippen LogP contribution in [0.2, 0.25) is 0 Å². The summed E-state index contributed by atoms with van der Waals surface area (Å²) in [5.41, 5.74) is 1.16. The first-order valence-electron chi connectivity index (χ1n) is 9.53. The smallest absolute Gasteiger partial charge is 0.270 e. The standard InChI is InChI=1S/C19H27N3O3/c23-18(12-22(16-3-4-16)11-14-5-8-25-13-14)15-9-17(20-10-15)19(24)21-6-1-2-7-21/h9-10,14,16,20H,1-8,11-13H2/t14-/m1/s1. The van der Waals surface area contributed by atoms with E-state index in [1.807, 2.05) is 4.90 Å². The normalized spacial score (nSPS) is 23.6. The van der Waals surface area contributed by atoms with Gasteiger partial charge < -0.3 is 14.6 Å². The van der Waals surface area contributed by atoms with Gasteiger partial charge in [0.1, 0.15) is 5.69 Å². The minimum atomic E-state index is 0.0127. The van der Waals surface area contributed by atoms with Crippen molar-refractivity contribution in [1.82, 2.24) is 14.8 Å². The quantitative estimate of drug-likeness (QED) is 0.767. The molecule has 0 spiro atoms. The molecule has 0 radical (unpaired) electrons. The Morgan fingerprint density at radius 1 is 1.24 bits per heavy atom. The van der Waals surface area contributed by atoms with Crippen molar-refractivity contribution in [2.75, 3.05) is 39.4 Å². The van der Waals surface area contributed by atoms with Gasteiger partial charge in [0.15, 0.2) is 5.78 Å². The maximum absolute atomic E-state index is 12.7. The molecule has 3 heterocycles. The fraction of sp³-hybridized carbons (Fsp3) is 0.684. The maximum atomic E-state index is 12.7. The third-order valence-corrected chi connectivity index (χ3v) is 5.56. The average Bonchev–Trinajstić information content (AvgIpc) is 3.07. The molecule has 6 nitrogen and oxygen atoms in total. The van der Waals surface area contributed by atoms with E-state index in [0.29, 0.717) is 29.8 Å². The van der Waals surface area contributed by atoms with E-state index in [-0.39, 0.29) is 11.7 Å². The number of amides is 1. The van der Waals surface area contributed by atoms with Gasteiger partial charge in [-0.15, -0.1) is 0 Å². The second-order valence-electron chi connectivity index (χ2n) is 7.61. The molecule has 0 aromatic carbocycles. The number of Topliss-reactive ketones (excluding diaryl/α,β-unsaturated/α-hetero) is 1. The first-order chi connectivity index (χ1) is 12.2. The van der Waals surface area contributed by atoms with Gasteiger partial charge in [-0.25, -0.2) is 0 Å². The summed E-state index contributed by atoms with van der Waals surface area (Å²) in [7, 11) is 0. The molecule has 2 aliphatic heterocycles. The number of likely N-dealkylation sites (tertiary alicyclic amines) is 1. The predicted octanol–water partition coefficient (Wildman–Crippen LogP) is 1.93. The Balaban J connectivity index is 1.37. The molecule has 1 aliphatic carbocycles. The Morgan fingerprint density at radius 2 is 2.04 bits per heavy atom. The van der Waals surface area contributed by atoms with Crippen molar-refractivity contribution in [2.24, 2.45) is 5.92 Å². The minimum Gasteiger partial charge on any atom is -0.381 e. The number of ketones is 1. The van der Waals surface area contributed by atoms with Crippen LogP contribution in [0.1, 0.15) is 53.0 Å². The zero-order valence-corrected chi connectivity index (χ0v) is 14.7. The predicted molar refractivity (Wildman–Crippen MR) is 93.8 cm³/mol. The van der Waals surface area contributed by atoms with E-state index >= 15 is 0 Å². The van der Waals surface area contributed by atoms with Crippen LogP contribution in [-0.2, 0) is 4.74 Å². The van der Waals surface area contributed by atoms with E-state index < -0.39 is 0 Å². The molecule has 2 saturated heterocycles. The number of ether oxygens (including phenoxy) is 1. The van der Waals surface area contributed by atoms with Gasteiger partial charge in [-0.3, -0.25) is 14.5 Å². The molecule has 1 amide bonds. The van der Waals surface area contributed by atoms with Gasteiger partial charge in [-0.2, -0.15) is 0 Å². The molecule has 3 aliphatic rings. The summed E-state index contributed by atoms with van der Waals surface area (Å²) in [4.78, 5) is 32.3. The summed E-state index contributed by atoms with van der Waals surface area (Å²) < 4.78 is 5.47. The molecule has 1 N–H and O–H groups in total. The van der Waals surface area contributed by atoms with Gasteiger partial charge in [-0.05, 0) is 44.1 Å². The molecular formula is C19H27N3O3. The molecule has 25 heavy (non-hydrogen) atoms. The molecule has 136 valence electrons. The number of aromatic nitrogens is 1. The van der Waals surface area contributed by atoms with Gasteiger partial charge in [0.2, 0.25) is 0 Å². The Morgan fingerprint density at radius 3 is 2.72 bits per heavy atom. The van der Waals surface area contributed by atoms with Crippen molar-refractivity contribution in [3.8, 4) is 0 Å². The number of rotatable bonds is 7. The lowest BCUT2D eigenvalue weighted by atomic mass is 10.1. The van der Waals surface area contributed by atoms with Gasteiger partial charge in [0.25, 0.3) is 5.91 Å². The number of aromatic amines is 1. The van der Waals surface area contributed by atoms with E-state index in [1.54, 1.807) is 12.3 Å². The van der Waals surface area contributed by atoms with E-state index in [9.17, 15) is 9.59 Å². The first-order valence-corrected chi connectivity index (χ1v) is 9.53. The average molecular weight is 345 g/mol. The highest BCUT2D eigenvalue weighted by molar-refractivity contribution is 6.01. The van der Waals surface area contributed by atoms with Crippen LogP contribution in [0.4, 0.5) is 0 Å². The van der Waals surface area contributed by atoms with Crippen LogP contribution in [0.25, 0.3) is 0 Å². The fourth-order valence-corrected chi connectivity index (χ4v) is 3.89. The van der Waals surface area contributed by atoms with Crippen molar-refractivity contribution in [3.63, 3.8) is 0 Å². The Kier molecular flexibility index (Phi) is 4.90. The summed E-state index contributed by atoms with van der Waals surface area (Å²) >= 11 is 0. The van der Waals surface area contributed by atoms with Crippen LogP contribution < -0.4 is 0 Å². The van der Waals surface area contributed by atoms with Crippen molar-refractivity contribution < 1.29 is 14.3 Å². The lowest BCUT2D eigenvalue weighted by Gasteiger charge is -2.23. The molecule has 1 aromatic rings. The highest BCUT2D eigenvalue weighted by Crippen LogP contribution is 2.29. The van der Waals surface area contributed by atoms with E-state index in [1.165, 1.54) is 12.8 Å². The van der Waals surface area contributed by atoms with Gasteiger partial charge in [-0.1, -0.05) is 0 Å². The van der Waals surface area contributed by atoms with E-state index in [2.05, 4.69) is 9.88 Å². The summed E-state index contributed by atoms with van der Waals surface area (Å²) in [5.74, 6) is 0.660. The third kappa shape index (κ3) is 3.96. The highest BCUT2D eigenvalue weighted by atomic mass is 16.5. The highest BCUT2D eigenvalue weighted by Gasteiger charge is 2.33. The van der Waals surface area contributed by atoms with Crippen molar-refractivity contribution in [1.29, 1.82) is 0 Å². The lowest BCUT2D eigenvalue weighted by Crippen LogP contribution is -2.36. The number of H-pyrrole nitrogens is 1. The molecular weight excluding hydrogens is 318 g/mol. The third-order valence-electron chi connectivity index (χ3n) is 5.56. The van der Waals surface area contributed by atoms with Crippen LogP contribution in [0.15, 0.2) is 12.3 Å². The first kappa shape index (κ1) is 16.8. The summed E-state index contributed by atoms with van der Waals surface area (Å²) in [6.07, 6.45) is 7.30. The van der Waals surface area contributed by atoms with Crippen molar-refractivity contribution in [3.05, 3.63) is 23.5 Å². The molecule has 1 aromatic heterocycles. The Labute approximate surface area is 148 Å². The summed E-state index contributed by atoms with van der Waals surface area (Å²) in [6.45, 7) is 4.68. The van der Waals surface area contributed by atoms with Crippen LogP contribution >= 0.6 is 0 Å². The largest absolute Gasteiger partial charge is 0.381 e. The SMILES string of the molecule is O=C(CN(C[C@H]1CCOC1)C1CC1)c1c[nH]c(C(=O)N2CCCC2)c1. The van der Waals surface area contributed by atoms with Crippen LogP contribution in [0.5, 0.6) is 0 Å². The van der Waals surface area contributed by atoms with Crippen molar-refractivity contribution >= 4 is 11.7 Å². The second-order valence-corrected chi connectivity index (χ2v) is 7.61. The number of carbonyl (C=O) groups excluding carboxylic acids is 2. The lowest BCUT2D eigenvalue weighted by molar-refractivity contribution is 0.0787. The molecule has 1 saturated carbocycles. The van der Waals surface area contributed by atoms with Crippen molar-refractivity contribution in [2.45, 2.75) is 38.1 Å². The van der Waals surface area contributed by atoms with E-state index in [4.69, 9.17) is 4.74 Å². The topological polar surface area (TPSA) is 65.6 Å². The summed E-state index contributed by atoms with van der Waals surface area (Å²) in [6, 6.07) is 2.28. The molecule has 0 unspecified atom stereocenters. The van der Waals surface area contributed by atoms with Crippen LogP contribution in [0, 0.1) is 5.92 Å². The Bertz CT molecular complexity index is 626. The van der Waals surface area contributed by atoms with Gasteiger partial charge in [0, 0.05) is 44.0 Å². The Hall–Kier alpha value is -1.66. The zero-order chi connectivity index (χ0) is 17.2. The van der Waals surface area contributed by atoms with E-state index in [0.717, 1.165) is 52.1 Å². The van der Waals surface area contributed by atoms with Crippen LogP contribution in [-0.4, -0.2) is 71.9 Å². The number of hydrogen-bond donors (Lipinski definition) is 1. The molecule has 1 atom stereocenters. The summed E-state index contributed by atoms with van der Waals surface area (Å²) in [5, 5.41) is 0. The number of hydrogen-bond acceptors (Lipinski definition) is 4. The molecule has 6 heteroatoms. The maximum Gasteiger partial charge on any atom is 0.270 e. The molecule has 0 bridgehead atoms. The number of carbonyl (C=O) groups is 2. The molecule has 3 fully saturated rings. The van der Waals surface area contributed by atoms with Gasteiger partial charge in [0.05, 0.1) is 13.2 Å². The minimum absolute atomic E-state index is 0.0127. The fourth-order valence-electron chi connectivity index (χ4n) is 3.89. The van der Waals surface area contributed by atoms with Crippen LogP contribution in [0.3, 0.4) is 0 Å². The molecule has 4 rings (SSSR count). The zero-order valence-electron chi connectivity index (χ0n) is 14.7. The second kappa shape index (κ2) is 7.30. The van der Waals surface area contributed by atoms with Gasteiger partial charge >= 0.3 is 0 Å².